The maximum atomic E-state index is 12.0. The molecule has 1 atom stereocenters. The van der Waals surface area contributed by atoms with Crippen molar-refractivity contribution < 1.29 is 14.4 Å². The van der Waals surface area contributed by atoms with Gasteiger partial charge in [0.1, 0.15) is 5.54 Å². The van der Waals surface area contributed by atoms with Crippen LogP contribution >= 0.6 is 0 Å². The Hall–Kier alpha value is -1.79. The first-order chi connectivity index (χ1) is 9.97. The molecule has 2 fully saturated rings. The summed E-state index contributed by atoms with van der Waals surface area (Å²) in [4.78, 5) is 37.0. The topological polar surface area (TPSA) is 90.5 Å². The Morgan fingerprint density at radius 1 is 1.38 bits per heavy atom. The van der Waals surface area contributed by atoms with Crippen LogP contribution in [0.5, 0.6) is 0 Å². The number of imide groups is 1. The fourth-order valence-electron chi connectivity index (χ4n) is 2.99. The Kier molecular flexibility index (Phi) is 4.69. The lowest BCUT2D eigenvalue weighted by Gasteiger charge is -2.38. The number of hydrogen-bond acceptors (Lipinski definition) is 3. The molecule has 0 bridgehead atoms. The number of amides is 5. The fourth-order valence-corrected chi connectivity index (χ4v) is 2.99. The van der Waals surface area contributed by atoms with Crippen LogP contribution in [0.25, 0.3) is 0 Å². The summed E-state index contributed by atoms with van der Waals surface area (Å²) in [5.74, 6) is -0.206. The fraction of sp³-hybridized carbons (Fsp3) is 0.786. The molecule has 0 saturated carbocycles. The van der Waals surface area contributed by atoms with Gasteiger partial charge in [0.25, 0.3) is 5.91 Å². The van der Waals surface area contributed by atoms with E-state index in [2.05, 4.69) is 22.9 Å². The molecule has 5 amide bonds. The largest absolute Gasteiger partial charge is 0.338 e. The Morgan fingerprint density at radius 2 is 2.05 bits per heavy atom. The smallest absolute Gasteiger partial charge is 0.322 e. The minimum atomic E-state index is -0.845. The molecule has 2 saturated heterocycles. The van der Waals surface area contributed by atoms with Crippen LogP contribution in [-0.4, -0.2) is 48.0 Å². The van der Waals surface area contributed by atoms with Crippen molar-refractivity contribution in [3.63, 3.8) is 0 Å². The van der Waals surface area contributed by atoms with Crippen molar-refractivity contribution in [1.29, 1.82) is 0 Å². The third-order valence-electron chi connectivity index (χ3n) is 4.48. The van der Waals surface area contributed by atoms with E-state index in [1.54, 1.807) is 11.8 Å². The molecule has 2 aliphatic heterocycles. The lowest BCUT2D eigenvalue weighted by atomic mass is 9.79. The number of rotatable bonds is 4. The lowest BCUT2D eigenvalue weighted by molar-refractivity contribution is -0.125. The monoisotopic (exact) mass is 296 g/mol. The summed E-state index contributed by atoms with van der Waals surface area (Å²) in [6.07, 6.45) is 3.46. The van der Waals surface area contributed by atoms with Crippen LogP contribution in [0.15, 0.2) is 0 Å². The molecular formula is C14H24N4O3. The normalized spacial score (nSPS) is 26.5. The highest BCUT2D eigenvalue weighted by Crippen LogP contribution is 2.30. The zero-order valence-corrected chi connectivity index (χ0v) is 12.7. The van der Waals surface area contributed by atoms with Gasteiger partial charge in [-0.2, -0.15) is 0 Å². The van der Waals surface area contributed by atoms with Crippen molar-refractivity contribution in [3.8, 4) is 0 Å². The Labute approximate surface area is 124 Å². The van der Waals surface area contributed by atoms with Gasteiger partial charge in [0.15, 0.2) is 0 Å². The summed E-state index contributed by atoms with van der Waals surface area (Å²) in [5, 5.41) is 7.91. The second-order valence-corrected chi connectivity index (χ2v) is 5.96. The average molecular weight is 296 g/mol. The summed E-state index contributed by atoms with van der Waals surface area (Å²) in [6.45, 7) is 5.77. The molecule has 0 spiro atoms. The molecule has 118 valence electrons. The Balaban J connectivity index is 1.84. The van der Waals surface area contributed by atoms with E-state index in [1.807, 2.05) is 0 Å². The summed E-state index contributed by atoms with van der Waals surface area (Å²) >= 11 is 0. The van der Waals surface area contributed by atoms with Crippen molar-refractivity contribution in [2.45, 2.75) is 45.1 Å². The van der Waals surface area contributed by atoms with E-state index >= 15 is 0 Å². The highest BCUT2D eigenvalue weighted by molar-refractivity contribution is 6.06. The third kappa shape index (κ3) is 3.28. The molecule has 2 rings (SSSR count). The second-order valence-electron chi connectivity index (χ2n) is 5.96. The van der Waals surface area contributed by atoms with Crippen LogP contribution in [0.3, 0.4) is 0 Å². The van der Waals surface area contributed by atoms with Crippen molar-refractivity contribution in [2.75, 3.05) is 19.6 Å². The molecule has 0 aromatic rings. The molecule has 7 heteroatoms. The molecule has 7 nitrogen and oxygen atoms in total. The van der Waals surface area contributed by atoms with Crippen molar-refractivity contribution in [2.24, 2.45) is 5.92 Å². The van der Waals surface area contributed by atoms with Crippen molar-refractivity contribution in [1.82, 2.24) is 20.9 Å². The second kappa shape index (κ2) is 6.32. The molecule has 0 aromatic carbocycles. The van der Waals surface area contributed by atoms with Gasteiger partial charge in [-0.3, -0.25) is 10.1 Å². The minimum Gasteiger partial charge on any atom is -0.338 e. The lowest BCUT2D eigenvalue weighted by Crippen LogP contribution is -2.55. The quantitative estimate of drug-likeness (QED) is 0.529. The van der Waals surface area contributed by atoms with Gasteiger partial charge in [0.2, 0.25) is 0 Å². The van der Waals surface area contributed by atoms with Crippen LogP contribution < -0.4 is 16.0 Å². The van der Waals surface area contributed by atoms with E-state index < -0.39 is 11.6 Å². The molecule has 3 N–H and O–H groups in total. The Morgan fingerprint density at radius 3 is 2.57 bits per heavy atom. The molecule has 0 aliphatic carbocycles. The van der Waals surface area contributed by atoms with Crippen LogP contribution in [0.2, 0.25) is 0 Å². The number of urea groups is 2. The van der Waals surface area contributed by atoms with Crippen LogP contribution in [-0.2, 0) is 4.79 Å². The summed E-state index contributed by atoms with van der Waals surface area (Å²) in [6, 6.07) is -0.464. The van der Waals surface area contributed by atoms with E-state index in [9.17, 15) is 14.4 Å². The molecule has 1 unspecified atom stereocenters. The number of carbonyl (C=O) groups excluding carboxylic acids is 3. The molecule has 2 heterocycles. The van der Waals surface area contributed by atoms with Crippen LogP contribution in [0.1, 0.15) is 39.5 Å². The van der Waals surface area contributed by atoms with Crippen molar-refractivity contribution in [3.05, 3.63) is 0 Å². The van der Waals surface area contributed by atoms with Gasteiger partial charge in [0.05, 0.1) is 0 Å². The zero-order valence-electron chi connectivity index (χ0n) is 12.7. The molecule has 0 radical (unpaired) electrons. The summed E-state index contributed by atoms with van der Waals surface area (Å²) < 4.78 is 0. The standard InChI is InChI=1S/C14H24N4O3/c1-3-4-7-15-13(21)18-8-5-10(6-9-18)14(2)11(19)16-12(20)17-14/h10H,3-9H2,1-2H3,(H,15,21)(H2,16,17,19,20). The number of unbranched alkanes of at least 4 members (excludes halogenated alkanes) is 1. The van der Waals surface area contributed by atoms with Crippen LogP contribution in [0.4, 0.5) is 9.59 Å². The first-order valence-corrected chi connectivity index (χ1v) is 7.63. The van der Waals surface area contributed by atoms with E-state index in [-0.39, 0.29) is 17.9 Å². The van der Waals surface area contributed by atoms with E-state index in [0.717, 1.165) is 12.8 Å². The van der Waals surface area contributed by atoms with Gasteiger partial charge in [-0.15, -0.1) is 0 Å². The predicted molar refractivity (Wildman–Crippen MR) is 77.7 cm³/mol. The number of nitrogens with one attached hydrogen (secondary N) is 3. The number of piperidine rings is 1. The van der Waals surface area contributed by atoms with Gasteiger partial charge in [-0.05, 0) is 32.1 Å². The number of nitrogens with zero attached hydrogens (tertiary/aromatic N) is 1. The average Bonchev–Trinajstić information content (AvgIpc) is 2.73. The van der Waals surface area contributed by atoms with Gasteiger partial charge in [-0.1, -0.05) is 13.3 Å². The maximum Gasteiger partial charge on any atom is 0.322 e. The molecule has 21 heavy (non-hydrogen) atoms. The number of likely N-dealkylation sites (tertiary alicyclic amines) is 1. The van der Waals surface area contributed by atoms with Gasteiger partial charge >= 0.3 is 12.1 Å². The molecule has 2 aliphatic rings. The maximum absolute atomic E-state index is 12.0. The molecule has 0 aromatic heterocycles. The van der Waals surface area contributed by atoms with Gasteiger partial charge in [0, 0.05) is 19.6 Å². The van der Waals surface area contributed by atoms with Gasteiger partial charge in [-0.25, -0.2) is 9.59 Å². The minimum absolute atomic E-state index is 0.0352. The number of hydrogen-bond donors (Lipinski definition) is 3. The highest BCUT2D eigenvalue weighted by atomic mass is 16.2. The SMILES string of the molecule is CCCCNC(=O)N1CCC(C2(C)NC(=O)NC2=O)CC1. The summed E-state index contributed by atoms with van der Waals surface area (Å²) in [5.41, 5.74) is -0.845. The number of carbonyl (C=O) groups is 3. The zero-order chi connectivity index (χ0) is 15.5. The highest BCUT2D eigenvalue weighted by Gasteiger charge is 2.48. The summed E-state index contributed by atoms with van der Waals surface area (Å²) in [7, 11) is 0. The van der Waals surface area contributed by atoms with Crippen molar-refractivity contribution >= 4 is 18.0 Å². The van der Waals surface area contributed by atoms with E-state index in [1.165, 1.54) is 0 Å². The van der Waals surface area contributed by atoms with E-state index in [4.69, 9.17) is 0 Å². The Bertz CT molecular complexity index is 432. The predicted octanol–water partition coefficient (Wildman–Crippen LogP) is 0.806. The first-order valence-electron chi connectivity index (χ1n) is 7.63. The van der Waals surface area contributed by atoms with Gasteiger partial charge < -0.3 is 15.5 Å². The first kappa shape index (κ1) is 15.6. The third-order valence-corrected chi connectivity index (χ3v) is 4.48. The van der Waals surface area contributed by atoms with E-state index in [0.29, 0.717) is 32.5 Å². The molecular weight excluding hydrogens is 272 g/mol. The van der Waals surface area contributed by atoms with Crippen LogP contribution in [0, 0.1) is 5.92 Å².